The van der Waals surface area contributed by atoms with Gasteiger partial charge in [-0.05, 0) is 12.8 Å². The fourth-order valence-corrected chi connectivity index (χ4v) is 1.53. The highest BCUT2D eigenvalue weighted by molar-refractivity contribution is 4.84. The number of aliphatic hydroxyl groups is 2. The lowest BCUT2D eigenvalue weighted by Gasteiger charge is -2.37. The normalized spacial score (nSPS) is 43.5. The van der Waals surface area contributed by atoms with Crippen molar-refractivity contribution in [2.24, 2.45) is 5.92 Å². The number of ether oxygens (including phenoxy) is 1. The zero-order valence-corrected chi connectivity index (χ0v) is 7.90. The van der Waals surface area contributed by atoms with Crippen LogP contribution in [0.15, 0.2) is 0 Å². The van der Waals surface area contributed by atoms with Gasteiger partial charge < -0.3 is 14.9 Å². The molecule has 2 N–H and O–H groups in total. The van der Waals surface area contributed by atoms with Gasteiger partial charge in [0.15, 0.2) is 0 Å². The average Bonchev–Trinajstić information content (AvgIpc) is 1.99. The summed E-state index contributed by atoms with van der Waals surface area (Å²) in [5, 5.41) is 18.8. The number of aliphatic hydroxyl groups excluding tert-OH is 2. The SMILES string of the molecule is CC1O[C@H](C(C)C)C[C@@H](O)C1O. The summed E-state index contributed by atoms with van der Waals surface area (Å²) in [6.45, 7) is 5.91. The summed E-state index contributed by atoms with van der Waals surface area (Å²) in [5.74, 6) is 0.398. The summed E-state index contributed by atoms with van der Waals surface area (Å²) in [5.41, 5.74) is 0. The maximum atomic E-state index is 9.44. The average molecular weight is 174 g/mol. The first-order valence-electron chi connectivity index (χ1n) is 4.54. The van der Waals surface area contributed by atoms with Crippen molar-refractivity contribution in [1.82, 2.24) is 0 Å². The molecule has 1 aliphatic heterocycles. The lowest BCUT2D eigenvalue weighted by Crippen LogP contribution is -2.48. The third-order valence-electron chi connectivity index (χ3n) is 2.48. The first-order chi connectivity index (χ1) is 5.52. The largest absolute Gasteiger partial charge is 0.390 e. The second kappa shape index (κ2) is 3.73. The minimum absolute atomic E-state index is 0.0819. The molecule has 12 heavy (non-hydrogen) atoms. The molecule has 3 nitrogen and oxygen atoms in total. The van der Waals surface area contributed by atoms with Crippen LogP contribution in [0.25, 0.3) is 0 Å². The van der Waals surface area contributed by atoms with Crippen LogP contribution >= 0.6 is 0 Å². The Labute approximate surface area is 73.4 Å². The van der Waals surface area contributed by atoms with Crippen LogP contribution in [0.3, 0.4) is 0 Å². The van der Waals surface area contributed by atoms with Crippen LogP contribution in [-0.4, -0.2) is 34.6 Å². The minimum Gasteiger partial charge on any atom is -0.390 e. The molecule has 0 radical (unpaired) electrons. The van der Waals surface area contributed by atoms with Crippen molar-refractivity contribution in [3.63, 3.8) is 0 Å². The molecule has 72 valence electrons. The smallest absolute Gasteiger partial charge is 0.106 e. The van der Waals surface area contributed by atoms with E-state index in [0.717, 1.165) is 0 Å². The summed E-state index contributed by atoms with van der Waals surface area (Å²) in [7, 11) is 0. The van der Waals surface area contributed by atoms with Crippen molar-refractivity contribution >= 4 is 0 Å². The highest BCUT2D eigenvalue weighted by Crippen LogP contribution is 2.24. The van der Waals surface area contributed by atoms with E-state index < -0.39 is 12.2 Å². The standard InChI is InChI=1S/C9H18O3/c1-5(2)8-4-7(10)9(11)6(3)12-8/h5-11H,4H2,1-3H3/t6?,7-,8+,9?/m1/s1. The quantitative estimate of drug-likeness (QED) is 0.610. The summed E-state index contributed by atoms with van der Waals surface area (Å²) < 4.78 is 5.52. The van der Waals surface area contributed by atoms with Crippen molar-refractivity contribution in [1.29, 1.82) is 0 Å². The Balaban J connectivity index is 2.53. The molecule has 0 saturated carbocycles. The van der Waals surface area contributed by atoms with Crippen LogP contribution in [0.5, 0.6) is 0 Å². The van der Waals surface area contributed by atoms with Gasteiger partial charge in [0, 0.05) is 6.42 Å². The lowest BCUT2D eigenvalue weighted by atomic mass is 9.93. The molecule has 0 aromatic heterocycles. The topological polar surface area (TPSA) is 49.7 Å². The van der Waals surface area contributed by atoms with Gasteiger partial charge in [0.25, 0.3) is 0 Å². The molecule has 0 aromatic rings. The number of hydrogen-bond acceptors (Lipinski definition) is 3. The number of hydrogen-bond donors (Lipinski definition) is 2. The van der Waals surface area contributed by atoms with E-state index in [1.54, 1.807) is 6.92 Å². The van der Waals surface area contributed by atoms with E-state index in [1.165, 1.54) is 0 Å². The van der Waals surface area contributed by atoms with E-state index in [2.05, 4.69) is 13.8 Å². The first-order valence-corrected chi connectivity index (χ1v) is 4.54. The Hall–Kier alpha value is -0.120. The molecule has 4 atom stereocenters. The van der Waals surface area contributed by atoms with E-state index in [4.69, 9.17) is 4.74 Å². The summed E-state index contributed by atoms with van der Waals surface area (Å²) in [4.78, 5) is 0. The predicted molar refractivity (Wildman–Crippen MR) is 45.8 cm³/mol. The molecule has 1 saturated heterocycles. The highest BCUT2D eigenvalue weighted by atomic mass is 16.5. The van der Waals surface area contributed by atoms with Gasteiger partial charge in [-0.15, -0.1) is 0 Å². The Bertz CT molecular complexity index is 135. The molecule has 2 unspecified atom stereocenters. The van der Waals surface area contributed by atoms with Crippen molar-refractivity contribution in [3.8, 4) is 0 Å². The highest BCUT2D eigenvalue weighted by Gasteiger charge is 2.34. The third kappa shape index (κ3) is 1.97. The van der Waals surface area contributed by atoms with Crippen LogP contribution in [0, 0.1) is 5.92 Å². The van der Waals surface area contributed by atoms with Gasteiger partial charge in [0.05, 0.1) is 18.3 Å². The minimum atomic E-state index is -0.722. The van der Waals surface area contributed by atoms with Crippen molar-refractivity contribution < 1.29 is 14.9 Å². The maximum Gasteiger partial charge on any atom is 0.106 e. The zero-order valence-electron chi connectivity index (χ0n) is 7.90. The molecular formula is C9H18O3. The van der Waals surface area contributed by atoms with Gasteiger partial charge in [-0.3, -0.25) is 0 Å². The van der Waals surface area contributed by atoms with Gasteiger partial charge in [-0.1, -0.05) is 13.8 Å². The van der Waals surface area contributed by atoms with Crippen LogP contribution in [-0.2, 0) is 4.74 Å². The van der Waals surface area contributed by atoms with E-state index in [0.29, 0.717) is 12.3 Å². The molecule has 1 aliphatic rings. The van der Waals surface area contributed by atoms with E-state index in [1.807, 2.05) is 0 Å². The molecule has 1 fully saturated rings. The zero-order chi connectivity index (χ0) is 9.30. The van der Waals surface area contributed by atoms with Crippen LogP contribution in [0.1, 0.15) is 27.2 Å². The summed E-state index contributed by atoms with van der Waals surface area (Å²) in [6, 6.07) is 0. The van der Waals surface area contributed by atoms with Crippen LogP contribution in [0.4, 0.5) is 0 Å². The fourth-order valence-electron chi connectivity index (χ4n) is 1.53. The van der Waals surface area contributed by atoms with Crippen molar-refractivity contribution in [2.75, 3.05) is 0 Å². The monoisotopic (exact) mass is 174 g/mol. The molecule has 0 amide bonds. The molecular weight excluding hydrogens is 156 g/mol. The first kappa shape index (κ1) is 9.96. The van der Waals surface area contributed by atoms with Crippen molar-refractivity contribution in [3.05, 3.63) is 0 Å². The van der Waals surface area contributed by atoms with E-state index >= 15 is 0 Å². The molecule has 1 heterocycles. The molecule has 0 aromatic carbocycles. The maximum absolute atomic E-state index is 9.44. The predicted octanol–water partition coefficient (Wildman–Crippen LogP) is 0.542. The van der Waals surface area contributed by atoms with E-state index in [-0.39, 0.29) is 12.2 Å². The Morgan fingerprint density at radius 1 is 1.33 bits per heavy atom. The van der Waals surface area contributed by atoms with E-state index in [9.17, 15) is 10.2 Å². The Morgan fingerprint density at radius 2 is 1.92 bits per heavy atom. The molecule has 1 rings (SSSR count). The number of rotatable bonds is 1. The molecule has 0 bridgehead atoms. The van der Waals surface area contributed by atoms with Gasteiger partial charge in [0.2, 0.25) is 0 Å². The van der Waals surface area contributed by atoms with Gasteiger partial charge in [-0.2, -0.15) is 0 Å². The fraction of sp³-hybridized carbons (Fsp3) is 1.00. The van der Waals surface area contributed by atoms with Crippen molar-refractivity contribution in [2.45, 2.75) is 51.6 Å². The summed E-state index contributed by atoms with van der Waals surface area (Å²) >= 11 is 0. The third-order valence-corrected chi connectivity index (χ3v) is 2.48. The Morgan fingerprint density at radius 3 is 2.33 bits per heavy atom. The summed E-state index contributed by atoms with van der Waals surface area (Å²) in [6.07, 6.45) is -0.968. The molecule has 0 aliphatic carbocycles. The second-order valence-corrected chi connectivity index (χ2v) is 3.92. The van der Waals surface area contributed by atoms with Gasteiger partial charge in [0.1, 0.15) is 6.10 Å². The molecule has 3 heteroatoms. The van der Waals surface area contributed by atoms with Gasteiger partial charge in [-0.25, -0.2) is 0 Å². The van der Waals surface area contributed by atoms with Gasteiger partial charge >= 0.3 is 0 Å². The Kier molecular flexibility index (Phi) is 3.09. The van der Waals surface area contributed by atoms with Crippen LogP contribution < -0.4 is 0 Å². The molecule has 0 spiro atoms. The lowest BCUT2D eigenvalue weighted by molar-refractivity contribution is -0.171. The second-order valence-electron chi connectivity index (χ2n) is 3.92. The van der Waals surface area contributed by atoms with Crippen LogP contribution in [0.2, 0.25) is 0 Å².